The summed E-state index contributed by atoms with van der Waals surface area (Å²) in [6.45, 7) is 5.29. The van der Waals surface area contributed by atoms with Crippen molar-refractivity contribution in [3.05, 3.63) is 12.2 Å². The molecule has 4 saturated carbocycles. The smallest absolute Gasteiger partial charge is 0.155 e. The zero-order valence-electron chi connectivity index (χ0n) is 10.3. The van der Waals surface area contributed by atoms with E-state index in [1.165, 1.54) is 6.92 Å². The number of hydrogen-bond acceptors (Lipinski definition) is 3. The van der Waals surface area contributed by atoms with E-state index in [1.54, 1.807) is 0 Å². The van der Waals surface area contributed by atoms with Crippen LogP contribution in [0.15, 0.2) is 12.2 Å². The van der Waals surface area contributed by atoms with Gasteiger partial charge in [-0.05, 0) is 56.4 Å². The van der Waals surface area contributed by atoms with Crippen molar-refractivity contribution in [3.8, 4) is 0 Å². The van der Waals surface area contributed by atoms with Crippen LogP contribution in [0.1, 0.15) is 39.0 Å². The molecule has 0 saturated heterocycles. The molecule has 4 aliphatic rings. The van der Waals surface area contributed by atoms with E-state index in [-0.39, 0.29) is 5.78 Å². The number of hydrogen-bond donors (Lipinski definition) is 2. The molecule has 2 N–H and O–H groups in total. The molecule has 0 atom stereocenters. The van der Waals surface area contributed by atoms with Gasteiger partial charge in [0.25, 0.3) is 0 Å². The van der Waals surface area contributed by atoms with Crippen LogP contribution < -0.4 is 0 Å². The molecule has 0 aliphatic heterocycles. The van der Waals surface area contributed by atoms with Gasteiger partial charge in [0.05, 0.1) is 11.2 Å². The lowest BCUT2D eigenvalue weighted by Gasteiger charge is -2.62. The summed E-state index contributed by atoms with van der Waals surface area (Å²) in [5.74, 6) is 0.298. The second kappa shape index (κ2) is 3.21. The van der Waals surface area contributed by atoms with Crippen LogP contribution in [-0.2, 0) is 4.79 Å². The molecular weight excluding hydrogens is 216 g/mol. The molecule has 17 heavy (non-hydrogen) atoms. The summed E-state index contributed by atoms with van der Waals surface area (Å²) >= 11 is 0. The minimum absolute atomic E-state index is 0.107. The summed E-state index contributed by atoms with van der Waals surface area (Å²) in [5, 5.41) is 21.5. The molecule has 94 valence electrons. The summed E-state index contributed by atoms with van der Waals surface area (Å²) in [6, 6.07) is 0. The Morgan fingerprint density at radius 1 is 1.12 bits per heavy atom. The van der Waals surface area contributed by atoms with Gasteiger partial charge in [-0.25, -0.2) is 0 Å². The van der Waals surface area contributed by atoms with E-state index in [1.807, 2.05) is 0 Å². The quantitative estimate of drug-likeness (QED) is 0.713. The van der Waals surface area contributed by atoms with E-state index in [9.17, 15) is 15.0 Å². The van der Waals surface area contributed by atoms with Crippen LogP contribution in [0, 0.1) is 17.8 Å². The largest absolute Gasteiger partial charge is 0.389 e. The fraction of sp³-hybridized carbons (Fsp3) is 0.786. The second-order valence-corrected chi connectivity index (χ2v) is 6.51. The van der Waals surface area contributed by atoms with Gasteiger partial charge in [-0.1, -0.05) is 6.58 Å². The van der Waals surface area contributed by atoms with Crippen molar-refractivity contribution in [2.24, 2.45) is 17.8 Å². The molecule has 4 aliphatic carbocycles. The lowest BCUT2D eigenvalue weighted by atomic mass is 9.46. The summed E-state index contributed by atoms with van der Waals surface area (Å²) in [7, 11) is 0. The summed E-state index contributed by atoms with van der Waals surface area (Å²) in [5.41, 5.74) is -1.36. The van der Waals surface area contributed by atoms with E-state index in [4.69, 9.17) is 0 Å². The fourth-order valence-electron chi connectivity index (χ4n) is 4.94. The second-order valence-electron chi connectivity index (χ2n) is 6.51. The number of aliphatic hydroxyl groups is 2. The zero-order valence-corrected chi connectivity index (χ0v) is 10.3. The number of Topliss-reactive ketones (excluding diaryl/α,β-unsaturated/α-hetero) is 1. The van der Waals surface area contributed by atoms with Gasteiger partial charge in [0.2, 0.25) is 0 Å². The normalized spacial score (nSPS) is 51.6. The Balaban J connectivity index is 2.03. The van der Waals surface area contributed by atoms with Crippen molar-refractivity contribution in [2.45, 2.75) is 50.2 Å². The van der Waals surface area contributed by atoms with E-state index >= 15 is 0 Å². The van der Waals surface area contributed by atoms with Crippen molar-refractivity contribution in [1.29, 1.82) is 0 Å². The Morgan fingerprint density at radius 3 is 1.88 bits per heavy atom. The van der Waals surface area contributed by atoms with Crippen LogP contribution in [0.4, 0.5) is 0 Å². The molecule has 0 aromatic heterocycles. The van der Waals surface area contributed by atoms with E-state index in [0.717, 1.165) is 32.1 Å². The van der Waals surface area contributed by atoms with Crippen molar-refractivity contribution in [3.63, 3.8) is 0 Å². The van der Waals surface area contributed by atoms with Crippen LogP contribution >= 0.6 is 0 Å². The molecule has 0 heterocycles. The Kier molecular flexibility index (Phi) is 2.15. The van der Waals surface area contributed by atoms with E-state index < -0.39 is 17.1 Å². The van der Waals surface area contributed by atoms with Crippen molar-refractivity contribution < 1.29 is 15.0 Å². The van der Waals surface area contributed by atoms with Crippen LogP contribution in [0.3, 0.4) is 0 Å². The van der Waals surface area contributed by atoms with Gasteiger partial charge in [-0.3, -0.25) is 4.79 Å². The number of carbonyl (C=O) groups excluding carboxylic acids is 1. The fourth-order valence-corrected chi connectivity index (χ4v) is 4.94. The number of carbonyl (C=O) groups is 1. The average Bonchev–Trinajstić information content (AvgIpc) is 2.11. The molecule has 0 unspecified atom stereocenters. The first-order chi connectivity index (χ1) is 7.84. The predicted octanol–water partition coefficient (Wildman–Crippen LogP) is 1.43. The van der Waals surface area contributed by atoms with Crippen molar-refractivity contribution >= 4 is 5.78 Å². The predicted molar refractivity (Wildman–Crippen MR) is 63.3 cm³/mol. The highest BCUT2D eigenvalue weighted by Gasteiger charge is 2.64. The van der Waals surface area contributed by atoms with Crippen molar-refractivity contribution in [1.82, 2.24) is 0 Å². The molecule has 3 heteroatoms. The molecule has 4 bridgehead atoms. The van der Waals surface area contributed by atoms with E-state index in [2.05, 4.69) is 6.58 Å². The third-order valence-corrected chi connectivity index (χ3v) is 5.11. The molecule has 4 fully saturated rings. The highest BCUT2D eigenvalue weighted by Crippen LogP contribution is 2.61. The maximum Gasteiger partial charge on any atom is 0.155 e. The van der Waals surface area contributed by atoms with Gasteiger partial charge in [0, 0.05) is 5.92 Å². The first kappa shape index (κ1) is 11.4. The third-order valence-electron chi connectivity index (χ3n) is 5.11. The minimum atomic E-state index is -0.887. The van der Waals surface area contributed by atoms with Gasteiger partial charge in [-0.15, -0.1) is 0 Å². The molecular formula is C14H20O3. The van der Waals surface area contributed by atoms with Crippen molar-refractivity contribution in [2.75, 3.05) is 0 Å². The molecule has 0 aromatic carbocycles. The van der Waals surface area contributed by atoms with Gasteiger partial charge < -0.3 is 10.2 Å². The van der Waals surface area contributed by atoms with Crippen LogP contribution in [0.5, 0.6) is 0 Å². The van der Waals surface area contributed by atoms with Gasteiger partial charge in [0.15, 0.2) is 5.78 Å². The summed E-state index contributed by atoms with van der Waals surface area (Å²) in [4.78, 5) is 11.5. The number of rotatable bonds is 2. The Morgan fingerprint density at radius 2 is 1.53 bits per heavy atom. The molecule has 3 nitrogen and oxygen atoms in total. The Hall–Kier alpha value is -0.670. The minimum Gasteiger partial charge on any atom is -0.389 e. The van der Waals surface area contributed by atoms with Crippen LogP contribution in [-0.4, -0.2) is 27.2 Å². The molecule has 0 amide bonds. The lowest BCUT2D eigenvalue weighted by molar-refractivity contribution is -0.233. The maximum absolute atomic E-state index is 11.5. The molecule has 0 radical (unpaired) electrons. The highest BCUT2D eigenvalue weighted by atomic mass is 16.3. The number of ketones is 1. The highest BCUT2D eigenvalue weighted by molar-refractivity contribution is 5.93. The van der Waals surface area contributed by atoms with Crippen LogP contribution in [0.2, 0.25) is 0 Å². The average molecular weight is 236 g/mol. The summed E-state index contributed by atoms with van der Waals surface area (Å²) < 4.78 is 0. The molecule has 0 aromatic rings. The maximum atomic E-state index is 11.5. The monoisotopic (exact) mass is 236 g/mol. The van der Waals surface area contributed by atoms with Crippen LogP contribution in [0.25, 0.3) is 0 Å². The SMILES string of the molecule is C=C(C(C)=O)C1C2(O)CC3CC(C2)CC1(O)C3. The zero-order chi connectivity index (χ0) is 12.4. The van der Waals surface area contributed by atoms with E-state index in [0.29, 0.717) is 17.4 Å². The molecule has 4 rings (SSSR count). The third kappa shape index (κ3) is 1.45. The standard InChI is InChI=1S/C14H20O3/c1-8(9(2)15)12-13(16)4-10-3-11(6-13)7-14(12,17)5-10/h10-12,16-17H,1,3-7H2,2H3. The Labute approximate surface area is 102 Å². The topological polar surface area (TPSA) is 57.5 Å². The molecule has 0 spiro atoms. The van der Waals surface area contributed by atoms with Gasteiger partial charge in [-0.2, -0.15) is 0 Å². The first-order valence-electron chi connectivity index (χ1n) is 6.48. The van der Waals surface area contributed by atoms with Gasteiger partial charge >= 0.3 is 0 Å². The Bertz CT molecular complexity index is 362. The lowest BCUT2D eigenvalue weighted by Crippen LogP contribution is -2.66. The summed E-state index contributed by atoms with van der Waals surface area (Å²) in [6.07, 6.45) is 4.03. The van der Waals surface area contributed by atoms with Gasteiger partial charge in [0.1, 0.15) is 0 Å². The first-order valence-corrected chi connectivity index (χ1v) is 6.48.